The normalized spacial score (nSPS) is 10.7. The number of carbonyl (C=O) groups is 3. The van der Waals surface area contributed by atoms with Gasteiger partial charge < -0.3 is 26.3 Å². The van der Waals surface area contributed by atoms with Crippen LogP contribution in [0.15, 0.2) is 55.0 Å². The molecule has 10 heteroatoms. The van der Waals surface area contributed by atoms with Crippen LogP contribution in [0.5, 0.6) is 0 Å². The first-order chi connectivity index (χ1) is 17.9. The molecule has 2 aromatic heterocycles. The van der Waals surface area contributed by atoms with Crippen molar-refractivity contribution in [2.45, 2.75) is 33.4 Å². The predicted molar refractivity (Wildman–Crippen MR) is 142 cm³/mol. The molecule has 0 radical (unpaired) electrons. The fraction of sp³-hybridized carbons (Fsp3) is 0.222. The van der Waals surface area contributed by atoms with Crippen LogP contribution in [0.25, 0.3) is 11.0 Å². The van der Waals surface area contributed by atoms with E-state index in [-0.39, 0.29) is 24.1 Å². The highest BCUT2D eigenvalue weighted by Crippen LogP contribution is 2.20. The molecule has 190 valence electrons. The number of H-pyrrole nitrogens is 1. The average Bonchev–Trinajstić information content (AvgIpc) is 3.36. The second-order valence-electron chi connectivity index (χ2n) is 8.51. The zero-order chi connectivity index (χ0) is 26.4. The van der Waals surface area contributed by atoms with E-state index in [0.717, 1.165) is 22.4 Å². The SMILES string of the molecule is CCC(=O)Nc1cc(CNC(=O)c2ncnc3c(C(=O)NCc4ccc(NC)cc4)c[nH]c23)ccc1C. The zero-order valence-corrected chi connectivity index (χ0v) is 20.9. The quantitative estimate of drug-likeness (QED) is 0.239. The van der Waals surface area contributed by atoms with Crippen LogP contribution in [0.1, 0.15) is 50.9 Å². The Hall–Kier alpha value is -4.73. The van der Waals surface area contributed by atoms with Crippen molar-refractivity contribution in [2.75, 3.05) is 17.7 Å². The van der Waals surface area contributed by atoms with Gasteiger partial charge in [-0.3, -0.25) is 14.4 Å². The molecule has 0 bridgehead atoms. The zero-order valence-electron chi connectivity index (χ0n) is 20.9. The van der Waals surface area contributed by atoms with Crippen LogP contribution in [-0.4, -0.2) is 39.7 Å². The summed E-state index contributed by atoms with van der Waals surface area (Å²) in [6, 6.07) is 13.3. The van der Waals surface area contributed by atoms with Crippen LogP contribution in [0.2, 0.25) is 0 Å². The number of benzene rings is 2. The molecule has 0 unspecified atom stereocenters. The number of carbonyl (C=O) groups excluding carboxylic acids is 3. The number of rotatable bonds is 9. The lowest BCUT2D eigenvalue weighted by Gasteiger charge is -2.11. The van der Waals surface area contributed by atoms with E-state index >= 15 is 0 Å². The fourth-order valence-corrected chi connectivity index (χ4v) is 3.77. The largest absolute Gasteiger partial charge is 0.388 e. The molecule has 0 aliphatic rings. The predicted octanol–water partition coefficient (Wildman–Crippen LogP) is 3.52. The minimum absolute atomic E-state index is 0.0778. The lowest BCUT2D eigenvalue weighted by Crippen LogP contribution is -2.25. The Morgan fingerprint density at radius 1 is 0.919 bits per heavy atom. The topological polar surface area (TPSA) is 141 Å². The van der Waals surface area contributed by atoms with E-state index in [2.05, 4.69) is 36.2 Å². The van der Waals surface area contributed by atoms with Gasteiger partial charge in [-0.15, -0.1) is 0 Å². The van der Waals surface area contributed by atoms with Crippen molar-refractivity contribution < 1.29 is 14.4 Å². The lowest BCUT2D eigenvalue weighted by atomic mass is 10.1. The molecule has 0 spiro atoms. The molecule has 4 aromatic rings. The van der Waals surface area contributed by atoms with Gasteiger partial charge in [-0.2, -0.15) is 0 Å². The standard InChI is InChI=1S/C27H29N7O3/c1-4-22(35)34-21-11-18(6-5-16(21)2)13-31-27(37)25-24-23(32-15-33-25)20(14-29-24)26(36)30-12-17-7-9-19(28-3)10-8-17/h5-11,14-15,28-29H,4,12-13H2,1-3H3,(H,30,36)(H,31,37)(H,34,35). The highest BCUT2D eigenvalue weighted by molar-refractivity contribution is 6.10. The minimum atomic E-state index is -0.412. The van der Waals surface area contributed by atoms with Crippen molar-refractivity contribution in [3.63, 3.8) is 0 Å². The van der Waals surface area contributed by atoms with Gasteiger partial charge in [0.1, 0.15) is 11.8 Å². The van der Waals surface area contributed by atoms with E-state index in [9.17, 15) is 14.4 Å². The first kappa shape index (κ1) is 25.4. The lowest BCUT2D eigenvalue weighted by molar-refractivity contribution is -0.115. The van der Waals surface area contributed by atoms with Crippen molar-refractivity contribution in [1.29, 1.82) is 0 Å². The van der Waals surface area contributed by atoms with Crippen molar-refractivity contribution >= 4 is 40.1 Å². The van der Waals surface area contributed by atoms with Gasteiger partial charge in [0.25, 0.3) is 11.8 Å². The van der Waals surface area contributed by atoms with Gasteiger partial charge in [0.05, 0.1) is 11.1 Å². The molecule has 2 heterocycles. The van der Waals surface area contributed by atoms with Crippen LogP contribution in [0.4, 0.5) is 11.4 Å². The number of fused-ring (bicyclic) bond motifs is 1. The molecular formula is C27H29N7O3. The van der Waals surface area contributed by atoms with Crippen molar-refractivity contribution in [3.05, 3.63) is 82.9 Å². The van der Waals surface area contributed by atoms with Gasteiger partial charge in [0, 0.05) is 44.1 Å². The number of nitrogens with one attached hydrogen (secondary N) is 5. The van der Waals surface area contributed by atoms with Crippen molar-refractivity contribution in [3.8, 4) is 0 Å². The third-order valence-corrected chi connectivity index (χ3v) is 5.97. The Bertz CT molecular complexity index is 1440. The summed E-state index contributed by atoms with van der Waals surface area (Å²) in [7, 11) is 1.84. The third-order valence-electron chi connectivity index (χ3n) is 5.97. The molecule has 4 rings (SSSR count). The molecule has 0 aliphatic heterocycles. The number of aromatic amines is 1. The summed E-state index contributed by atoms with van der Waals surface area (Å²) < 4.78 is 0. The second kappa shape index (κ2) is 11.3. The summed E-state index contributed by atoms with van der Waals surface area (Å²) in [4.78, 5) is 48.9. The van der Waals surface area contributed by atoms with Crippen LogP contribution < -0.4 is 21.3 Å². The smallest absolute Gasteiger partial charge is 0.272 e. The number of anilines is 2. The molecule has 2 aromatic carbocycles. The Kier molecular flexibility index (Phi) is 7.77. The van der Waals surface area contributed by atoms with Gasteiger partial charge in [0.15, 0.2) is 5.69 Å². The van der Waals surface area contributed by atoms with E-state index in [4.69, 9.17) is 0 Å². The molecule has 0 fully saturated rings. The average molecular weight is 500 g/mol. The Labute approximate surface area is 214 Å². The maximum absolute atomic E-state index is 13.0. The van der Waals surface area contributed by atoms with Crippen LogP contribution >= 0.6 is 0 Å². The van der Waals surface area contributed by atoms with Gasteiger partial charge in [0.2, 0.25) is 5.91 Å². The monoisotopic (exact) mass is 499 g/mol. The summed E-state index contributed by atoms with van der Waals surface area (Å²) >= 11 is 0. The van der Waals surface area contributed by atoms with Crippen LogP contribution in [0, 0.1) is 6.92 Å². The van der Waals surface area contributed by atoms with Gasteiger partial charge in [-0.05, 0) is 41.8 Å². The molecule has 0 aliphatic carbocycles. The number of hydrogen-bond donors (Lipinski definition) is 5. The Balaban J connectivity index is 1.44. The second-order valence-corrected chi connectivity index (χ2v) is 8.51. The maximum atomic E-state index is 13.0. The van der Waals surface area contributed by atoms with Gasteiger partial charge >= 0.3 is 0 Å². The number of nitrogens with zero attached hydrogens (tertiary/aromatic N) is 2. The third kappa shape index (κ3) is 5.92. The van der Waals surface area contributed by atoms with Crippen molar-refractivity contribution in [2.24, 2.45) is 0 Å². The fourth-order valence-electron chi connectivity index (χ4n) is 3.77. The molecule has 0 saturated carbocycles. The molecule has 10 nitrogen and oxygen atoms in total. The first-order valence-electron chi connectivity index (χ1n) is 11.9. The van der Waals surface area contributed by atoms with E-state index in [1.165, 1.54) is 12.5 Å². The van der Waals surface area contributed by atoms with E-state index in [1.54, 1.807) is 6.92 Å². The molecule has 0 atom stereocenters. The van der Waals surface area contributed by atoms with E-state index < -0.39 is 5.91 Å². The summed E-state index contributed by atoms with van der Waals surface area (Å²) in [5.74, 6) is -0.799. The maximum Gasteiger partial charge on any atom is 0.272 e. The first-order valence-corrected chi connectivity index (χ1v) is 11.9. The van der Waals surface area contributed by atoms with E-state index in [0.29, 0.717) is 35.2 Å². The molecule has 5 N–H and O–H groups in total. The number of aryl methyl sites for hydroxylation is 1. The minimum Gasteiger partial charge on any atom is -0.388 e. The van der Waals surface area contributed by atoms with E-state index in [1.807, 2.05) is 56.4 Å². The van der Waals surface area contributed by atoms with Crippen LogP contribution in [-0.2, 0) is 17.9 Å². The Morgan fingerprint density at radius 2 is 1.62 bits per heavy atom. The highest BCUT2D eigenvalue weighted by atomic mass is 16.2. The molecule has 0 saturated heterocycles. The van der Waals surface area contributed by atoms with Crippen molar-refractivity contribution in [1.82, 2.24) is 25.6 Å². The summed E-state index contributed by atoms with van der Waals surface area (Å²) in [5.41, 5.74) is 5.61. The summed E-state index contributed by atoms with van der Waals surface area (Å²) in [5, 5.41) is 11.7. The molecule has 3 amide bonds. The summed E-state index contributed by atoms with van der Waals surface area (Å²) in [6.45, 7) is 4.28. The molecular weight excluding hydrogens is 470 g/mol. The summed E-state index contributed by atoms with van der Waals surface area (Å²) in [6.07, 6.45) is 3.17. The Morgan fingerprint density at radius 3 is 2.35 bits per heavy atom. The molecule has 37 heavy (non-hydrogen) atoms. The number of hydrogen-bond acceptors (Lipinski definition) is 6. The van der Waals surface area contributed by atoms with Crippen LogP contribution in [0.3, 0.4) is 0 Å². The highest BCUT2D eigenvalue weighted by Gasteiger charge is 2.19. The van der Waals surface area contributed by atoms with Gasteiger partial charge in [-0.1, -0.05) is 31.2 Å². The van der Waals surface area contributed by atoms with Gasteiger partial charge in [-0.25, -0.2) is 9.97 Å². The number of amides is 3. The number of aromatic nitrogens is 3.